The maximum absolute atomic E-state index is 12.6. The van der Waals surface area contributed by atoms with Gasteiger partial charge in [0.05, 0.1) is 12.0 Å². The molecule has 5 nitrogen and oxygen atoms in total. The van der Waals surface area contributed by atoms with Crippen molar-refractivity contribution in [1.29, 1.82) is 0 Å². The third kappa shape index (κ3) is 3.54. The summed E-state index contributed by atoms with van der Waals surface area (Å²) in [6, 6.07) is 11.7. The molecule has 0 aliphatic heterocycles. The van der Waals surface area contributed by atoms with Crippen LogP contribution in [0.25, 0.3) is 22.2 Å². The van der Waals surface area contributed by atoms with Gasteiger partial charge in [-0.25, -0.2) is 9.78 Å². The molecular formula is C20H11Cl2NO4S. The molecule has 2 aromatic heterocycles. The number of nitrogens with zero attached hydrogens (tertiary/aromatic N) is 1. The molecule has 0 spiro atoms. The van der Waals surface area contributed by atoms with Gasteiger partial charge in [0, 0.05) is 20.5 Å². The second-order valence-corrected chi connectivity index (χ2v) is 7.83. The van der Waals surface area contributed by atoms with Crippen LogP contribution in [0.5, 0.6) is 0 Å². The van der Waals surface area contributed by atoms with Crippen molar-refractivity contribution in [1.82, 2.24) is 4.98 Å². The Labute approximate surface area is 173 Å². The van der Waals surface area contributed by atoms with Crippen LogP contribution in [0.15, 0.2) is 52.3 Å². The first-order chi connectivity index (χ1) is 13.4. The van der Waals surface area contributed by atoms with E-state index < -0.39 is 11.8 Å². The van der Waals surface area contributed by atoms with E-state index in [9.17, 15) is 14.7 Å². The Morgan fingerprint density at radius 2 is 1.79 bits per heavy atom. The summed E-state index contributed by atoms with van der Waals surface area (Å²) in [6.07, 6.45) is -0.125. The number of Topliss-reactive ketones (excluding diaryl/α,β-unsaturated/α-hetero) is 1. The molecule has 0 unspecified atom stereocenters. The lowest BCUT2D eigenvalue weighted by Crippen LogP contribution is -2.07. The van der Waals surface area contributed by atoms with E-state index >= 15 is 0 Å². The summed E-state index contributed by atoms with van der Waals surface area (Å²) in [5.74, 6) is -1.58. The number of benzene rings is 2. The standard InChI is InChI=1S/C20H11Cl2NO4S/c21-11-3-1-10(2-4-11)13-9-28-17(18(13)20(25)26)8-15(24)19-23-14-7-12(22)5-6-16(14)27-19/h1-7,9H,8H2,(H,25,26). The van der Waals surface area contributed by atoms with Crippen LogP contribution in [0.1, 0.15) is 25.9 Å². The molecule has 4 rings (SSSR count). The van der Waals surface area contributed by atoms with Crippen LogP contribution >= 0.6 is 34.5 Å². The lowest BCUT2D eigenvalue weighted by atomic mass is 10.0. The molecule has 0 saturated carbocycles. The first-order valence-corrected chi connectivity index (χ1v) is 9.75. The number of hydrogen-bond donors (Lipinski definition) is 1. The van der Waals surface area contributed by atoms with Crippen LogP contribution in [-0.2, 0) is 6.42 Å². The number of oxazole rings is 1. The van der Waals surface area contributed by atoms with E-state index in [1.807, 2.05) is 0 Å². The van der Waals surface area contributed by atoms with Crippen LogP contribution in [-0.4, -0.2) is 21.8 Å². The highest BCUT2D eigenvalue weighted by Crippen LogP contribution is 2.33. The Hall–Kier alpha value is -2.67. The minimum Gasteiger partial charge on any atom is -0.478 e. The molecule has 0 aliphatic carbocycles. The number of carboxylic acid groups (broad SMARTS) is 1. The average molecular weight is 432 g/mol. The summed E-state index contributed by atoms with van der Waals surface area (Å²) in [7, 11) is 0. The van der Waals surface area contributed by atoms with E-state index in [4.69, 9.17) is 27.6 Å². The van der Waals surface area contributed by atoms with Gasteiger partial charge in [-0.2, -0.15) is 0 Å². The average Bonchev–Trinajstić information content (AvgIpc) is 3.26. The van der Waals surface area contributed by atoms with Gasteiger partial charge in [-0.3, -0.25) is 4.79 Å². The van der Waals surface area contributed by atoms with E-state index in [1.54, 1.807) is 47.8 Å². The smallest absolute Gasteiger partial charge is 0.337 e. The Morgan fingerprint density at radius 3 is 2.50 bits per heavy atom. The molecular weight excluding hydrogens is 421 g/mol. The van der Waals surface area contributed by atoms with E-state index in [0.717, 1.165) is 0 Å². The first kappa shape index (κ1) is 18.7. The topological polar surface area (TPSA) is 80.4 Å². The predicted octanol–water partition coefficient (Wildman–Crippen LogP) is 5.99. The molecule has 4 aromatic rings. The molecule has 140 valence electrons. The summed E-state index contributed by atoms with van der Waals surface area (Å²) < 4.78 is 5.49. The van der Waals surface area contributed by atoms with Gasteiger partial charge in [-0.1, -0.05) is 35.3 Å². The Morgan fingerprint density at radius 1 is 1.07 bits per heavy atom. The lowest BCUT2D eigenvalue weighted by molar-refractivity contribution is 0.0697. The molecule has 28 heavy (non-hydrogen) atoms. The Bertz CT molecular complexity index is 1210. The first-order valence-electron chi connectivity index (χ1n) is 8.11. The summed E-state index contributed by atoms with van der Waals surface area (Å²) >= 11 is 13.0. The third-order valence-corrected chi connectivity index (χ3v) is 5.62. The SMILES string of the molecule is O=C(Cc1scc(-c2ccc(Cl)cc2)c1C(=O)O)c1nc2cc(Cl)ccc2o1. The molecule has 0 radical (unpaired) electrons. The molecule has 8 heteroatoms. The van der Waals surface area contributed by atoms with Crippen LogP contribution in [0.2, 0.25) is 10.0 Å². The molecule has 1 N–H and O–H groups in total. The lowest BCUT2D eigenvalue weighted by Gasteiger charge is -2.03. The van der Waals surface area contributed by atoms with Gasteiger partial charge in [-0.15, -0.1) is 11.3 Å². The van der Waals surface area contributed by atoms with Crippen molar-refractivity contribution >= 4 is 57.4 Å². The fraction of sp³-hybridized carbons (Fsp3) is 0.0500. The van der Waals surface area contributed by atoms with Crippen molar-refractivity contribution in [3.8, 4) is 11.1 Å². The number of carbonyl (C=O) groups excluding carboxylic acids is 1. The van der Waals surface area contributed by atoms with Crippen molar-refractivity contribution in [3.05, 3.63) is 74.2 Å². The van der Waals surface area contributed by atoms with Crippen LogP contribution in [0, 0.1) is 0 Å². The number of fused-ring (bicyclic) bond motifs is 1. The van der Waals surface area contributed by atoms with Gasteiger partial charge in [0.2, 0.25) is 5.78 Å². The summed E-state index contributed by atoms with van der Waals surface area (Å²) in [4.78, 5) is 29.1. The molecule has 2 aromatic carbocycles. The maximum Gasteiger partial charge on any atom is 0.337 e. The zero-order valence-corrected chi connectivity index (χ0v) is 16.4. The van der Waals surface area contributed by atoms with E-state index in [1.165, 1.54) is 11.3 Å². The number of halogens is 2. The number of carboxylic acids is 1. The quantitative estimate of drug-likeness (QED) is 0.392. The van der Waals surface area contributed by atoms with E-state index in [0.29, 0.717) is 37.1 Å². The van der Waals surface area contributed by atoms with Gasteiger partial charge in [0.15, 0.2) is 5.58 Å². The minimum absolute atomic E-state index is 0.0740. The van der Waals surface area contributed by atoms with Crippen LogP contribution < -0.4 is 0 Å². The molecule has 0 fully saturated rings. The number of thiophene rings is 1. The molecule has 0 aliphatic rings. The highest BCUT2D eigenvalue weighted by Gasteiger charge is 2.24. The zero-order chi connectivity index (χ0) is 19.8. The number of rotatable bonds is 5. The number of carbonyl (C=O) groups is 2. The fourth-order valence-corrected chi connectivity index (χ4v) is 4.18. The van der Waals surface area contributed by atoms with Crippen molar-refractivity contribution in [2.45, 2.75) is 6.42 Å². The Balaban J connectivity index is 1.67. The highest BCUT2D eigenvalue weighted by molar-refractivity contribution is 7.11. The number of ketones is 1. The monoisotopic (exact) mass is 431 g/mol. The van der Waals surface area contributed by atoms with Gasteiger partial charge >= 0.3 is 5.97 Å². The third-order valence-electron chi connectivity index (χ3n) is 4.15. The second kappa shape index (κ2) is 7.39. The molecule has 0 atom stereocenters. The molecule has 0 saturated heterocycles. The normalized spacial score (nSPS) is 11.1. The zero-order valence-electron chi connectivity index (χ0n) is 14.1. The highest BCUT2D eigenvalue weighted by atomic mass is 35.5. The Kier molecular flexibility index (Phi) is 4.93. The second-order valence-electron chi connectivity index (χ2n) is 5.99. The van der Waals surface area contributed by atoms with Gasteiger partial charge in [-0.05, 0) is 41.3 Å². The fourth-order valence-electron chi connectivity index (χ4n) is 2.85. The molecule has 2 heterocycles. The predicted molar refractivity (Wildman–Crippen MR) is 109 cm³/mol. The number of aromatic carboxylic acids is 1. The van der Waals surface area contributed by atoms with Crippen LogP contribution in [0.3, 0.4) is 0 Å². The molecule has 0 bridgehead atoms. The minimum atomic E-state index is -1.10. The van der Waals surface area contributed by atoms with Gasteiger partial charge in [0.1, 0.15) is 5.52 Å². The summed E-state index contributed by atoms with van der Waals surface area (Å²) in [6.45, 7) is 0. The van der Waals surface area contributed by atoms with Crippen molar-refractivity contribution in [2.24, 2.45) is 0 Å². The van der Waals surface area contributed by atoms with Crippen molar-refractivity contribution in [3.63, 3.8) is 0 Å². The van der Waals surface area contributed by atoms with Gasteiger partial charge in [0.25, 0.3) is 5.89 Å². The number of aromatic nitrogens is 1. The molecule has 0 amide bonds. The largest absolute Gasteiger partial charge is 0.478 e. The van der Waals surface area contributed by atoms with Crippen molar-refractivity contribution < 1.29 is 19.1 Å². The number of hydrogen-bond acceptors (Lipinski definition) is 5. The summed E-state index contributed by atoms with van der Waals surface area (Å²) in [5.41, 5.74) is 2.27. The van der Waals surface area contributed by atoms with Gasteiger partial charge < -0.3 is 9.52 Å². The van der Waals surface area contributed by atoms with E-state index in [-0.39, 0.29) is 17.9 Å². The maximum atomic E-state index is 12.6. The van der Waals surface area contributed by atoms with Crippen LogP contribution in [0.4, 0.5) is 0 Å². The summed E-state index contributed by atoms with van der Waals surface area (Å²) in [5, 5.41) is 12.5. The van der Waals surface area contributed by atoms with E-state index in [2.05, 4.69) is 4.98 Å². The van der Waals surface area contributed by atoms with Crippen molar-refractivity contribution in [2.75, 3.05) is 0 Å².